The van der Waals surface area contributed by atoms with Crippen molar-refractivity contribution < 1.29 is 9.32 Å². The zero-order chi connectivity index (χ0) is 21.2. The highest BCUT2D eigenvalue weighted by atomic mass is 16.5. The van der Waals surface area contributed by atoms with E-state index < -0.39 is 0 Å². The molecule has 0 radical (unpaired) electrons. The third-order valence-electron chi connectivity index (χ3n) is 4.51. The monoisotopic (exact) mass is 395 g/mol. The van der Waals surface area contributed by atoms with E-state index >= 15 is 0 Å². The van der Waals surface area contributed by atoms with Crippen LogP contribution in [0, 0.1) is 5.92 Å². The summed E-state index contributed by atoms with van der Waals surface area (Å²) in [5.41, 5.74) is 3.19. The molecule has 2 aromatic heterocycles. The van der Waals surface area contributed by atoms with Gasteiger partial charge in [0.1, 0.15) is 5.69 Å². The van der Waals surface area contributed by atoms with Crippen LogP contribution >= 0.6 is 0 Å². The highest BCUT2D eigenvalue weighted by Gasteiger charge is 2.22. The van der Waals surface area contributed by atoms with Crippen molar-refractivity contribution in [2.75, 3.05) is 0 Å². The largest absolute Gasteiger partial charge is 0.347 e. The van der Waals surface area contributed by atoms with Gasteiger partial charge in [-0.2, -0.15) is 10.1 Å². The van der Waals surface area contributed by atoms with Crippen molar-refractivity contribution in [3.8, 4) is 11.4 Å². The first-order chi connectivity index (χ1) is 13.6. The van der Waals surface area contributed by atoms with Crippen molar-refractivity contribution in [2.45, 2.75) is 53.0 Å². The van der Waals surface area contributed by atoms with Crippen LogP contribution in [0.5, 0.6) is 0 Å². The molecule has 7 heteroatoms. The van der Waals surface area contributed by atoms with Crippen LogP contribution in [0.1, 0.15) is 62.3 Å². The zero-order valence-corrected chi connectivity index (χ0v) is 18.0. The van der Waals surface area contributed by atoms with Gasteiger partial charge in [-0.25, -0.2) is 0 Å². The molecular formula is C22H29N5O2. The van der Waals surface area contributed by atoms with Crippen LogP contribution in [0.25, 0.3) is 11.4 Å². The number of aromatic nitrogens is 4. The van der Waals surface area contributed by atoms with Gasteiger partial charge in [-0.15, -0.1) is 0 Å². The van der Waals surface area contributed by atoms with E-state index in [0.717, 1.165) is 23.2 Å². The molecule has 154 valence electrons. The number of amides is 1. The van der Waals surface area contributed by atoms with E-state index in [1.807, 2.05) is 51.1 Å². The number of rotatable bonds is 6. The van der Waals surface area contributed by atoms with Gasteiger partial charge in [-0.1, -0.05) is 64.0 Å². The van der Waals surface area contributed by atoms with Crippen molar-refractivity contribution in [1.29, 1.82) is 0 Å². The average Bonchev–Trinajstić information content (AvgIpc) is 3.26. The van der Waals surface area contributed by atoms with E-state index in [2.05, 4.69) is 34.4 Å². The summed E-state index contributed by atoms with van der Waals surface area (Å²) in [5, 5.41) is 11.4. The molecule has 0 saturated carbocycles. The zero-order valence-electron chi connectivity index (χ0n) is 18.0. The topological polar surface area (TPSA) is 85.8 Å². The average molecular weight is 396 g/mol. The van der Waals surface area contributed by atoms with Crippen LogP contribution in [0.4, 0.5) is 0 Å². The molecule has 29 heavy (non-hydrogen) atoms. The first kappa shape index (κ1) is 20.8. The third kappa shape index (κ3) is 5.10. The molecule has 0 saturated heterocycles. The molecule has 0 unspecified atom stereocenters. The van der Waals surface area contributed by atoms with E-state index in [9.17, 15) is 4.79 Å². The van der Waals surface area contributed by atoms with Gasteiger partial charge >= 0.3 is 0 Å². The molecule has 0 atom stereocenters. The normalized spacial score (nSPS) is 11.8. The van der Waals surface area contributed by atoms with Crippen LogP contribution in [-0.4, -0.2) is 25.8 Å². The fourth-order valence-corrected chi connectivity index (χ4v) is 2.95. The standard InChI is InChI=1S/C22H29N5O2/c1-14(2)11-17-12-18(27(6)25-17)20(28)23-13-15-7-9-16(10-8-15)19-24-21(29-26-19)22(3,4)5/h7-10,12,14H,11,13H2,1-6H3,(H,23,28). The Hall–Kier alpha value is -2.96. The number of carbonyl (C=O) groups is 1. The number of benzene rings is 1. The number of aryl methyl sites for hydroxylation is 1. The summed E-state index contributed by atoms with van der Waals surface area (Å²) in [7, 11) is 1.80. The molecule has 2 heterocycles. The predicted molar refractivity (Wildman–Crippen MR) is 111 cm³/mol. The van der Waals surface area contributed by atoms with Crippen molar-refractivity contribution in [3.05, 3.63) is 53.2 Å². The lowest BCUT2D eigenvalue weighted by Crippen LogP contribution is -2.25. The highest BCUT2D eigenvalue weighted by molar-refractivity contribution is 5.92. The molecule has 3 rings (SSSR count). The first-order valence-electron chi connectivity index (χ1n) is 9.88. The smallest absolute Gasteiger partial charge is 0.269 e. The Morgan fingerprint density at radius 2 is 1.90 bits per heavy atom. The molecule has 3 aromatic rings. The molecule has 0 aliphatic rings. The Morgan fingerprint density at radius 1 is 1.21 bits per heavy atom. The predicted octanol–water partition coefficient (Wildman–Crippen LogP) is 3.90. The summed E-state index contributed by atoms with van der Waals surface area (Å²) in [6.45, 7) is 10.8. The SMILES string of the molecule is CC(C)Cc1cc(C(=O)NCc2ccc(-c3noc(C(C)(C)C)n3)cc2)n(C)n1. The Labute approximate surface area is 171 Å². The molecule has 0 bridgehead atoms. The maximum absolute atomic E-state index is 12.5. The lowest BCUT2D eigenvalue weighted by atomic mass is 9.97. The number of hydrogen-bond acceptors (Lipinski definition) is 5. The number of nitrogens with one attached hydrogen (secondary N) is 1. The second-order valence-corrected chi connectivity index (χ2v) is 8.80. The van der Waals surface area contributed by atoms with Gasteiger partial charge in [-0.05, 0) is 24.0 Å². The molecule has 1 amide bonds. The summed E-state index contributed by atoms with van der Waals surface area (Å²) in [6, 6.07) is 9.64. The van der Waals surface area contributed by atoms with E-state index in [1.54, 1.807) is 11.7 Å². The summed E-state index contributed by atoms with van der Waals surface area (Å²) in [6.07, 6.45) is 0.857. The molecule has 1 aromatic carbocycles. The van der Waals surface area contributed by atoms with Crippen molar-refractivity contribution in [2.24, 2.45) is 13.0 Å². The molecule has 0 aliphatic carbocycles. The summed E-state index contributed by atoms with van der Waals surface area (Å²) < 4.78 is 6.99. The van der Waals surface area contributed by atoms with Gasteiger partial charge in [-0.3, -0.25) is 9.48 Å². The molecule has 0 spiro atoms. The third-order valence-corrected chi connectivity index (χ3v) is 4.51. The van der Waals surface area contributed by atoms with E-state index in [-0.39, 0.29) is 11.3 Å². The lowest BCUT2D eigenvalue weighted by molar-refractivity contribution is 0.0941. The van der Waals surface area contributed by atoms with Gasteiger partial charge in [0, 0.05) is 24.6 Å². The number of nitrogens with zero attached hydrogens (tertiary/aromatic N) is 4. The van der Waals surface area contributed by atoms with Gasteiger partial charge in [0.15, 0.2) is 0 Å². The maximum Gasteiger partial charge on any atom is 0.269 e. The Bertz CT molecular complexity index is 978. The Kier molecular flexibility index (Phi) is 5.86. The van der Waals surface area contributed by atoms with Crippen molar-refractivity contribution in [3.63, 3.8) is 0 Å². The van der Waals surface area contributed by atoms with Crippen LogP contribution in [0.2, 0.25) is 0 Å². The quantitative estimate of drug-likeness (QED) is 0.684. The molecule has 7 nitrogen and oxygen atoms in total. The molecule has 0 aliphatic heterocycles. The highest BCUT2D eigenvalue weighted by Crippen LogP contribution is 2.24. The van der Waals surface area contributed by atoms with Gasteiger partial charge in [0.05, 0.1) is 5.69 Å². The van der Waals surface area contributed by atoms with E-state index in [1.165, 1.54) is 0 Å². The molecular weight excluding hydrogens is 366 g/mol. The summed E-state index contributed by atoms with van der Waals surface area (Å²) >= 11 is 0. The number of carbonyl (C=O) groups excluding carboxylic acids is 1. The minimum atomic E-state index is -0.184. The Balaban J connectivity index is 1.62. The fraction of sp³-hybridized carbons (Fsp3) is 0.455. The summed E-state index contributed by atoms with van der Waals surface area (Å²) in [4.78, 5) is 17.0. The van der Waals surface area contributed by atoms with Crippen molar-refractivity contribution in [1.82, 2.24) is 25.2 Å². The fourth-order valence-electron chi connectivity index (χ4n) is 2.95. The van der Waals surface area contributed by atoms with Gasteiger partial charge in [0.25, 0.3) is 5.91 Å². The maximum atomic E-state index is 12.5. The Morgan fingerprint density at radius 3 is 2.48 bits per heavy atom. The van der Waals surface area contributed by atoms with Crippen LogP contribution in [0.15, 0.2) is 34.9 Å². The summed E-state index contributed by atoms with van der Waals surface area (Å²) in [5.74, 6) is 1.54. The molecule has 1 N–H and O–H groups in total. The van der Waals surface area contributed by atoms with Gasteiger partial charge < -0.3 is 9.84 Å². The number of hydrogen-bond donors (Lipinski definition) is 1. The van der Waals surface area contributed by atoms with Crippen LogP contribution in [0.3, 0.4) is 0 Å². The minimum Gasteiger partial charge on any atom is -0.347 e. The molecule has 0 fully saturated rings. The van der Waals surface area contributed by atoms with E-state index in [0.29, 0.717) is 29.9 Å². The van der Waals surface area contributed by atoms with Crippen LogP contribution < -0.4 is 5.32 Å². The van der Waals surface area contributed by atoms with Crippen molar-refractivity contribution >= 4 is 5.91 Å². The first-order valence-corrected chi connectivity index (χ1v) is 9.88. The second-order valence-electron chi connectivity index (χ2n) is 8.80. The van der Waals surface area contributed by atoms with Crippen LogP contribution in [-0.2, 0) is 25.4 Å². The lowest BCUT2D eigenvalue weighted by Gasteiger charge is -2.10. The minimum absolute atomic E-state index is 0.132. The second kappa shape index (κ2) is 8.19. The van der Waals surface area contributed by atoms with E-state index in [4.69, 9.17) is 4.52 Å². The van der Waals surface area contributed by atoms with Gasteiger partial charge in [0.2, 0.25) is 11.7 Å².